The Morgan fingerprint density at radius 3 is 2.50 bits per heavy atom. The highest BCUT2D eigenvalue weighted by Gasteiger charge is 2.11. The lowest BCUT2D eigenvalue weighted by atomic mass is 10.5. The molecule has 5 nitrogen and oxygen atoms in total. The topological polar surface area (TPSA) is 69.4 Å². The van der Waals surface area contributed by atoms with E-state index in [1.807, 2.05) is 0 Å². The SMILES string of the molecule is CC(C)OC(=O)C[N+](=O)[O-]. The summed E-state index contributed by atoms with van der Waals surface area (Å²) in [4.78, 5) is 19.4. The maximum atomic E-state index is 10.4. The largest absolute Gasteiger partial charge is 0.458 e. The van der Waals surface area contributed by atoms with Gasteiger partial charge < -0.3 is 4.74 Å². The maximum Gasteiger partial charge on any atom is 0.378 e. The van der Waals surface area contributed by atoms with Crippen molar-refractivity contribution in [1.29, 1.82) is 0 Å². The van der Waals surface area contributed by atoms with E-state index in [-0.39, 0.29) is 6.10 Å². The summed E-state index contributed by atoms with van der Waals surface area (Å²) in [5.41, 5.74) is 0. The summed E-state index contributed by atoms with van der Waals surface area (Å²) < 4.78 is 4.48. The van der Waals surface area contributed by atoms with Crippen LogP contribution in [0, 0.1) is 10.1 Å². The Morgan fingerprint density at radius 1 is 1.70 bits per heavy atom. The summed E-state index contributed by atoms with van der Waals surface area (Å²) in [6.45, 7) is 2.52. The van der Waals surface area contributed by atoms with Crippen molar-refractivity contribution in [2.75, 3.05) is 6.54 Å². The average Bonchev–Trinajstić information content (AvgIpc) is 1.58. The second-order valence-electron chi connectivity index (χ2n) is 2.03. The molecular formula is C5H9NO4. The number of carbonyl (C=O) groups is 1. The first-order valence-corrected chi connectivity index (χ1v) is 2.83. The van der Waals surface area contributed by atoms with Crippen LogP contribution in [0.5, 0.6) is 0 Å². The van der Waals surface area contributed by atoms with Gasteiger partial charge in [0.1, 0.15) is 0 Å². The van der Waals surface area contributed by atoms with Gasteiger partial charge in [0, 0.05) is 4.92 Å². The van der Waals surface area contributed by atoms with Crippen LogP contribution < -0.4 is 0 Å². The molecule has 0 aromatic heterocycles. The normalized spacial score (nSPS) is 9.50. The van der Waals surface area contributed by atoms with Crippen molar-refractivity contribution in [3.05, 3.63) is 10.1 Å². The molecule has 0 aliphatic rings. The second-order valence-corrected chi connectivity index (χ2v) is 2.03. The van der Waals surface area contributed by atoms with Crippen molar-refractivity contribution in [2.24, 2.45) is 0 Å². The lowest BCUT2D eigenvalue weighted by Crippen LogP contribution is -2.19. The summed E-state index contributed by atoms with van der Waals surface area (Å²) in [5.74, 6) is -0.792. The molecule has 0 bridgehead atoms. The van der Waals surface area contributed by atoms with Crippen LogP contribution in [0.2, 0.25) is 0 Å². The zero-order valence-electron chi connectivity index (χ0n) is 5.86. The van der Waals surface area contributed by atoms with E-state index in [2.05, 4.69) is 4.74 Å². The van der Waals surface area contributed by atoms with Crippen molar-refractivity contribution in [2.45, 2.75) is 20.0 Å². The molecule has 0 fully saturated rings. The summed E-state index contributed by atoms with van der Waals surface area (Å²) in [7, 11) is 0. The van der Waals surface area contributed by atoms with Crippen molar-refractivity contribution in [3.63, 3.8) is 0 Å². The summed E-state index contributed by atoms with van der Waals surface area (Å²) in [6, 6.07) is 0. The molecule has 0 rings (SSSR count). The fourth-order valence-corrected chi connectivity index (χ4v) is 0.406. The monoisotopic (exact) mass is 147 g/mol. The highest BCUT2D eigenvalue weighted by molar-refractivity contribution is 5.70. The van der Waals surface area contributed by atoms with Crippen LogP contribution in [0.4, 0.5) is 0 Å². The standard InChI is InChI=1S/C5H9NO4/c1-4(2)10-5(7)3-6(8)9/h4H,3H2,1-2H3. The molecule has 10 heavy (non-hydrogen) atoms. The predicted octanol–water partition coefficient (Wildman–Crippen LogP) is 0.215. The Kier molecular flexibility index (Phi) is 3.38. The van der Waals surface area contributed by atoms with Crippen LogP contribution in [0.25, 0.3) is 0 Å². The van der Waals surface area contributed by atoms with Gasteiger partial charge in [-0.05, 0) is 13.8 Å². The summed E-state index contributed by atoms with van der Waals surface area (Å²) in [5, 5.41) is 9.70. The summed E-state index contributed by atoms with van der Waals surface area (Å²) >= 11 is 0. The number of carbonyl (C=O) groups excluding carboxylic acids is 1. The quantitative estimate of drug-likeness (QED) is 0.325. The van der Waals surface area contributed by atoms with Gasteiger partial charge in [-0.3, -0.25) is 10.1 Å². The van der Waals surface area contributed by atoms with Crippen molar-refractivity contribution in [3.8, 4) is 0 Å². The van der Waals surface area contributed by atoms with Crippen LogP contribution in [0.15, 0.2) is 0 Å². The van der Waals surface area contributed by atoms with E-state index >= 15 is 0 Å². The molecule has 0 heterocycles. The molecule has 0 saturated heterocycles. The minimum absolute atomic E-state index is 0.285. The highest BCUT2D eigenvalue weighted by Crippen LogP contribution is 1.88. The first kappa shape index (κ1) is 8.87. The van der Waals surface area contributed by atoms with E-state index in [1.165, 1.54) is 0 Å². The number of hydrogen-bond donors (Lipinski definition) is 0. The number of rotatable bonds is 3. The molecule has 0 saturated carbocycles. The van der Waals surface area contributed by atoms with Gasteiger partial charge in [-0.2, -0.15) is 0 Å². The molecule has 0 atom stereocenters. The molecule has 0 aliphatic heterocycles. The lowest BCUT2D eigenvalue weighted by Gasteiger charge is -2.03. The lowest BCUT2D eigenvalue weighted by molar-refractivity contribution is -0.470. The van der Waals surface area contributed by atoms with E-state index in [1.54, 1.807) is 13.8 Å². The molecule has 0 aromatic carbocycles. The second kappa shape index (κ2) is 3.81. The molecule has 0 radical (unpaired) electrons. The molecule has 0 aliphatic carbocycles. The van der Waals surface area contributed by atoms with E-state index < -0.39 is 17.4 Å². The molecule has 0 aromatic rings. The zero-order valence-corrected chi connectivity index (χ0v) is 5.86. The van der Waals surface area contributed by atoms with Gasteiger partial charge in [-0.15, -0.1) is 0 Å². The molecule has 0 amide bonds. The number of esters is 1. The number of ether oxygens (including phenoxy) is 1. The van der Waals surface area contributed by atoms with Gasteiger partial charge in [0.25, 0.3) is 6.54 Å². The van der Waals surface area contributed by atoms with Crippen LogP contribution in [0.3, 0.4) is 0 Å². The Hall–Kier alpha value is -1.13. The molecule has 0 N–H and O–H groups in total. The van der Waals surface area contributed by atoms with E-state index in [4.69, 9.17) is 0 Å². The smallest absolute Gasteiger partial charge is 0.378 e. The minimum atomic E-state index is -0.792. The Balaban J connectivity index is 3.54. The average molecular weight is 147 g/mol. The van der Waals surface area contributed by atoms with Crippen LogP contribution in [0.1, 0.15) is 13.8 Å². The van der Waals surface area contributed by atoms with Crippen LogP contribution in [-0.2, 0) is 9.53 Å². The van der Waals surface area contributed by atoms with Crippen molar-refractivity contribution >= 4 is 5.97 Å². The van der Waals surface area contributed by atoms with Gasteiger partial charge in [0.2, 0.25) is 0 Å². The molecule has 0 spiro atoms. The zero-order chi connectivity index (χ0) is 8.15. The van der Waals surface area contributed by atoms with Crippen LogP contribution in [-0.4, -0.2) is 23.5 Å². The van der Waals surface area contributed by atoms with E-state index in [9.17, 15) is 14.9 Å². The Bertz CT molecular complexity index is 143. The molecule has 58 valence electrons. The van der Waals surface area contributed by atoms with Gasteiger partial charge in [-0.25, -0.2) is 4.79 Å². The van der Waals surface area contributed by atoms with Gasteiger partial charge in [0.05, 0.1) is 6.10 Å². The summed E-state index contributed by atoms with van der Waals surface area (Å²) in [6.07, 6.45) is -0.285. The molecule has 0 unspecified atom stereocenters. The first-order valence-electron chi connectivity index (χ1n) is 2.83. The third-order valence-electron chi connectivity index (χ3n) is 0.625. The fraction of sp³-hybridized carbons (Fsp3) is 0.800. The molecule has 5 heteroatoms. The Morgan fingerprint density at radius 2 is 2.20 bits per heavy atom. The van der Waals surface area contributed by atoms with E-state index in [0.717, 1.165) is 0 Å². The first-order chi connectivity index (χ1) is 4.52. The molecular weight excluding hydrogens is 138 g/mol. The highest BCUT2D eigenvalue weighted by atomic mass is 16.6. The van der Waals surface area contributed by atoms with E-state index in [0.29, 0.717) is 0 Å². The van der Waals surface area contributed by atoms with Crippen LogP contribution >= 0.6 is 0 Å². The van der Waals surface area contributed by atoms with Gasteiger partial charge >= 0.3 is 5.97 Å². The maximum absolute atomic E-state index is 10.4. The third kappa shape index (κ3) is 5.02. The van der Waals surface area contributed by atoms with Gasteiger partial charge in [0.15, 0.2) is 0 Å². The fourth-order valence-electron chi connectivity index (χ4n) is 0.406. The minimum Gasteiger partial charge on any atom is -0.458 e. The van der Waals surface area contributed by atoms with Gasteiger partial charge in [-0.1, -0.05) is 0 Å². The van der Waals surface area contributed by atoms with Crippen molar-refractivity contribution < 1.29 is 14.5 Å². The number of nitrogens with zero attached hydrogens (tertiary/aromatic N) is 1. The predicted molar refractivity (Wildman–Crippen MR) is 33.1 cm³/mol. The number of nitro groups is 1. The number of hydrogen-bond acceptors (Lipinski definition) is 4. The van der Waals surface area contributed by atoms with Crippen molar-refractivity contribution in [1.82, 2.24) is 0 Å². The third-order valence-corrected chi connectivity index (χ3v) is 0.625. The Labute approximate surface area is 58.1 Å².